The second-order valence-corrected chi connectivity index (χ2v) is 7.25. The lowest BCUT2D eigenvalue weighted by molar-refractivity contribution is -0.124. The Morgan fingerprint density at radius 3 is 2.12 bits per heavy atom. The Kier molecular flexibility index (Phi) is 7.41. The van der Waals surface area contributed by atoms with E-state index in [-0.39, 0.29) is 29.6 Å². The predicted molar refractivity (Wildman–Crippen MR) is 96.7 cm³/mol. The average molecular weight is 348 g/mol. The molecule has 1 atom stereocenters. The first-order valence-corrected chi connectivity index (χ1v) is 9.34. The van der Waals surface area contributed by atoms with E-state index in [2.05, 4.69) is 10.6 Å². The fourth-order valence-electron chi connectivity index (χ4n) is 3.25. The van der Waals surface area contributed by atoms with Gasteiger partial charge in [0.15, 0.2) is 0 Å². The number of halogens is 1. The molecule has 1 aromatic carbocycles. The van der Waals surface area contributed by atoms with Gasteiger partial charge in [0.25, 0.3) is 5.91 Å². The lowest BCUT2D eigenvalue weighted by Gasteiger charge is -2.26. The summed E-state index contributed by atoms with van der Waals surface area (Å²) >= 11 is 0. The second kappa shape index (κ2) is 9.54. The van der Waals surface area contributed by atoms with E-state index in [1.807, 2.05) is 13.8 Å². The first-order valence-electron chi connectivity index (χ1n) is 9.34. The maximum absolute atomic E-state index is 13.0. The lowest BCUT2D eigenvalue weighted by atomic mass is 9.95. The van der Waals surface area contributed by atoms with E-state index in [1.165, 1.54) is 43.5 Å². The Morgan fingerprint density at radius 1 is 1.00 bits per heavy atom. The fourth-order valence-corrected chi connectivity index (χ4v) is 3.25. The topological polar surface area (TPSA) is 58.2 Å². The molecule has 0 saturated heterocycles. The molecule has 25 heavy (non-hydrogen) atoms. The van der Waals surface area contributed by atoms with E-state index in [1.54, 1.807) is 0 Å². The second-order valence-electron chi connectivity index (χ2n) is 7.25. The molecule has 1 aromatic rings. The summed E-state index contributed by atoms with van der Waals surface area (Å²) in [6, 6.07) is 4.94. The Hall–Kier alpha value is -1.91. The van der Waals surface area contributed by atoms with Crippen LogP contribution in [0.3, 0.4) is 0 Å². The number of nitrogens with one attached hydrogen (secondary N) is 2. The number of carbonyl (C=O) groups is 2. The van der Waals surface area contributed by atoms with Crippen molar-refractivity contribution in [2.75, 3.05) is 0 Å². The molecule has 0 radical (unpaired) electrons. The maximum atomic E-state index is 13.0. The van der Waals surface area contributed by atoms with Crippen molar-refractivity contribution < 1.29 is 14.0 Å². The molecule has 0 heterocycles. The molecule has 1 unspecified atom stereocenters. The molecule has 1 aliphatic rings. The van der Waals surface area contributed by atoms with Crippen LogP contribution in [-0.4, -0.2) is 23.9 Å². The highest BCUT2D eigenvalue weighted by molar-refractivity contribution is 5.97. The number of hydrogen-bond donors (Lipinski definition) is 2. The van der Waals surface area contributed by atoms with Gasteiger partial charge in [-0.2, -0.15) is 0 Å². The van der Waals surface area contributed by atoms with Crippen LogP contribution in [0.5, 0.6) is 0 Å². The van der Waals surface area contributed by atoms with Crippen LogP contribution < -0.4 is 10.6 Å². The lowest BCUT2D eigenvalue weighted by Crippen LogP contribution is -2.52. The van der Waals surface area contributed by atoms with Gasteiger partial charge >= 0.3 is 0 Å². The van der Waals surface area contributed by atoms with E-state index in [0.717, 1.165) is 25.7 Å². The normalized spacial score (nSPS) is 17.4. The predicted octanol–water partition coefficient (Wildman–Crippen LogP) is 3.81. The minimum atomic E-state index is -0.594. The average Bonchev–Trinajstić information content (AvgIpc) is 2.55. The minimum Gasteiger partial charge on any atom is -0.352 e. The molecule has 0 aromatic heterocycles. The third-order valence-corrected chi connectivity index (χ3v) is 4.79. The Bertz CT molecular complexity index is 564. The van der Waals surface area contributed by atoms with Crippen LogP contribution in [0.1, 0.15) is 69.2 Å². The van der Waals surface area contributed by atoms with Crippen molar-refractivity contribution in [2.24, 2.45) is 5.92 Å². The SMILES string of the molecule is CC(C)C(NC(=O)c1ccc(F)cc1)C(=O)NC1CCCCCCC1. The first kappa shape index (κ1) is 19.4. The van der Waals surface area contributed by atoms with Crippen LogP contribution in [-0.2, 0) is 4.79 Å². The highest BCUT2D eigenvalue weighted by Crippen LogP contribution is 2.17. The molecule has 5 heteroatoms. The zero-order chi connectivity index (χ0) is 18.2. The summed E-state index contributed by atoms with van der Waals surface area (Å²) in [6.45, 7) is 3.82. The van der Waals surface area contributed by atoms with Gasteiger partial charge in [-0.05, 0) is 43.0 Å². The van der Waals surface area contributed by atoms with E-state index < -0.39 is 6.04 Å². The van der Waals surface area contributed by atoms with Gasteiger partial charge in [-0.25, -0.2) is 4.39 Å². The minimum absolute atomic E-state index is 0.0297. The highest BCUT2D eigenvalue weighted by Gasteiger charge is 2.26. The third kappa shape index (κ3) is 6.15. The van der Waals surface area contributed by atoms with Gasteiger partial charge in [0.05, 0.1) is 0 Å². The van der Waals surface area contributed by atoms with Gasteiger partial charge < -0.3 is 10.6 Å². The molecule has 1 fully saturated rings. The molecule has 0 bridgehead atoms. The fraction of sp³-hybridized carbons (Fsp3) is 0.600. The van der Waals surface area contributed by atoms with Gasteiger partial charge in [0, 0.05) is 11.6 Å². The van der Waals surface area contributed by atoms with Crippen LogP contribution in [0.25, 0.3) is 0 Å². The summed E-state index contributed by atoms with van der Waals surface area (Å²) in [4.78, 5) is 25.0. The van der Waals surface area contributed by atoms with Crippen molar-refractivity contribution in [3.8, 4) is 0 Å². The van der Waals surface area contributed by atoms with Crippen molar-refractivity contribution in [3.63, 3.8) is 0 Å². The molecule has 1 aliphatic carbocycles. The Labute approximate surface area is 149 Å². The largest absolute Gasteiger partial charge is 0.352 e. The number of hydrogen-bond acceptors (Lipinski definition) is 2. The quantitative estimate of drug-likeness (QED) is 0.850. The molecular formula is C20H29FN2O2. The van der Waals surface area contributed by atoms with E-state index in [0.29, 0.717) is 5.56 Å². The molecular weight excluding hydrogens is 319 g/mol. The first-order chi connectivity index (χ1) is 12.0. The Morgan fingerprint density at radius 2 is 1.56 bits per heavy atom. The van der Waals surface area contributed by atoms with Crippen molar-refractivity contribution in [2.45, 2.75) is 70.9 Å². The zero-order valence-electron chi connectivity index (χ0n) is 15.2. The van der Waals surface area contributed by atoms with Crippen molar-refractivity contribution in [1.82, 2.24) is 10.6 Å². The molecule has 1 saturated carbocycles. The van der Waals surface area contributed by atoms with Crippen LogP contribution in [0.2, 0.25) is 0 Å². The third-order valence-electron chi connectivity index (χ3n) is 4.79. The number of rotatable bonds is 5. The summed E-state index contributed by atoms with van der Waals surface area (Å²) < 4.78 is 13.0. The van der Waals surface area contributed by atoms with Gasteiger partial charge in [0.1, 0.15) is 11.9 Å². The van der Waals surface area contributed by atoms with Crippen LogP contribution >= 0.6 is 0 Å². The van der Waals surface area contributed by atoms with E-state index >= 15 is 0 Å². The van der Waals surface area contributed by atoms with Crippen LogP contribution in [0.4, 0.5) is 4.39 Å². The summed E-state index contributed by atoms with van der Waals surface area (Å²) in [6.07, 6.45) is 8.01. The molecule has 4 nitrogen and oxygen atoms in total. The van der Waals surface area contributed by atoms with Crippen molar-refractivity contribution >= 4 is 11.8 Å². The zero-order valence-corrected chi connectivity index (χ0v) is 15.2. The van der Waals surface area contributed by atoms with E-state index in [4.69, 9.17) is 0 Å². The maximum Gasteiger partial charge on any atom is 0.251 e. The molecule has 2 N–H and O–H groups in total. The van der Waals surface area contributed by atoms with Crippen LogP contribution in [0, 0.1) is 11.7 Å². The van der Waals surface area contributed by atoms with Gasteiger partial charge in [-0.1, -0.05) is 46.0 Å². The molecule has 138 valence electrons. The molecule has 0 aliphatic heterocycles. The van der Waals surface area contributed by atoms with Gasteiger partial charge in [-0.15, -0.1) is 0 Å². The van der Waals surface area contributed by atoms with Crippen molar-refractivity contribution in [3.05, 3.63) is 35.6 Å². The van der Waals surface area contributed by atoms with Gasteiger partial charge in [-0.3, -0.25) is 9.59 Å². The summed E-state index contributed by atoms with van der Waals surface area (Å²) in [5.41, 5.74) is 0.353. The summed E-state index contributed by atoms with van der Waals surface area (Å²) in [7, 11) is 0. The standard InChI is InChI=1S/C20H29FN2O2/c1-14(2)18(23-19(24)15-10-12-16(21)13-11-15)20(25)22-17-8-6-4-3-5-7-9-17/h10-14,17-18H,3-9H2,1-2H3,(H,22,25)(H,23,24). The number of carbonyl (C=O) groups excluding carboxylic acids is 2. The number of amides is 2. The van der Waals surface area contributed by atoms with Crippen molar-refractivity contribution in [1.29, 1.82) is 0 Å². The summed E-state index contributed by atoms with van der Waals surface area (Å²) in [5, 5.41) is 5.92. The van der Waals surface area contributed by atoms with Gasteiger partial charge in [0.2, 0.25) is 5.91 Å². The Balaban J connectivity index is 1.97. The molecule has 2 rings (SSSR count). The molecule has 0 spiro atoms. The summed E-state index contributed by atoms with van der Waals surface area (Å²) in [5.74, 6) is -0.903. The van der Waals surface area contributed by atoms with Crippen LogP contribution in [0.15, 0.2) is 24.3 Å². The monoisotopic (exact) mass is 348 g/mol. The smallest absolute Gasteiger partial charge is 0.251 e. The molecule has 2 amide bonds. The highest BCUT2D eigenvalue weighted by atomic mass is 19.1. The number of benzene rings is 1. The van der Waals surface area contributed by atoms with E-state index in [9.17, 15) is 14.0 Å².